The van der Waals surface area contributed by atoms with Crippen molar-refractivity contribution in [3.05, 3.63) is 12.0 Å². The zero-order valence-corrected chi connectivity index (χ0v) is 13.4. The summed E-state index contributed by atoms with van der Waals surface area (Å²) < 4.78 is 7.52. The Hall–Kier alpha value is -1.69. The lowest BCUT2D eigenvalue weighted by atomic mass is 10.1. The minimum Gasteiger partial charge on any atom is -0.373 e. The van der Waals surface area contributed by atoms with Crippen LogP contribution in [0, 0.1) is 5.92 Å². The number of ether oxygens (including phenoxy) is 1. The molecule has 2 aromatic rings. The summed E-state index contributed by atoms with van der Waals surface area (Å²) in [6, 6.07) is 0. The summed E-state index contributed by atoms with van der Waals surface area (Å²) in [5.74, 6) is 2.10. The first kappa shape index (κ1) is 15.7. The largest absolute Gasteiger partial charge is 0.373 e. The van der Waals surface area contributed by atoms with Gasteiger partial charge in [-0.1, -0.05) is 20.3 Å². The Morgan fingerprint density at radius 1 is 1.33 bits per heavy atom. The fraction of sp³-hybridized carbons (Fsp3) is 0.667. The Balaban J connectivity index is 2.10. The summed E-state index contributed by atoms with van der Waals surface area (Å²) in [4.78, 5) is 9.09. The molecule has 2 rings (SSSR count). The molecule has 2 heterocycles. The summed E-state index contributed by atoms with van der Waals surface area (Å²) in [6.07, 6.45) is 4.16. The molecule has 0 aromatic carbocycles. The molecule has 0 saturated carbocycles. The van der Waals surface area contributed by atoms with E-state index in [0.29, 0.717) is 18.3 Å². The van der Waals surface area contributed by atoms with Gasteiger partial charge in [0, 0.05) is 20.2 Å². The smallest absolute Gasteiger partial charge is 0.163 e. The molecule has 0 saturated heterocycles. The minimum absolute atomic E-state index is 0.438. The number of nitrogens with one attached hydrogen (secondary N) is 1. The van der Waals surface area contributed by atoms with Crippen molar-refractivity contribution in [3.8, 4) is 0 Å². The van der Waals surface area contributed by atoms with Gasteiger partial charge in [0.2, 0.25) is 0 Å². The number of hydrogen-bond donors (Lipinski definition) is 1. The van der Waals surface area contributed by atoms with Crippen molar-refractivity contribution in [2.24, 2.45) is 13.0 Å². The fourth-order valence-electron chi connectivity index (χ4n) is 2.36. The van der Waals surface area contributed by atoms with Crippen molar-refractivity contribution in [1.29, 1.82) is 0 Å². The number of nitrogens with zero attached hydrogens (tertiary/aromatic N) is 4. The fourth-order valence-corrected chi connectivity index (χ4v) is 2.36. The Labute approximate surface area is 125 Å². The molecular formula is C15H25N5O. The second kappa shape index (κ2) is 7.36. The third-order valence-corrected chi connectivity index (χ3v) is 3.40. The molecule has 0 radical (unpaired) electrons. The first-order valence-electron chi connectivity index (χ1n) is 7.65. The van der Waals surface area contributed by atoms with Gasteiger partial charge in [-0.25, -0.2) is 9.97 Å². The van der Waals surface area contributed by atoms with Crippen molar-refractivity contribution in [3.63, 3.8) is 0 Å². The Morgan fingerprint density at radius 3 is 2.86 bits per heavy atom. The number of aromatic nitrogens is 4. The van der Waals surface area contributed by atoms with E-state index in [-0.39, 0.29) is 0 Å². The lowest BCUT2D eigenvalue weighted by Crippen LogP contribution is -2.10. The van der Waals surface area contributed by atoms with Crippen molar-refractivity contribution < 1.29 is 4.74 Å². The molecule has 1 unspecified atom stereocenters. The number of rotatable bonds is 8. The van der Waals surface area contributed by atoms with Gasteiger partial charge < -0.3 is 10.1 Å². The van der Waals surface area contributed by atoms with Crippen molar-refractivity contribution in [2.75, 3.05) is 18.5 Å². The second-order valence-corrected chi connectivity index (χ2v) is 5.43. The van der Waals surface area contributed by atoms with Crippen LogP contribution in [0.15, 0.2) is 6.20 Å². The summed E-state index contributed by atoms with van der Waals surface area (Å²) in [7, 11) is 1.89. The van der Waals surface area contributed by atoms with E-state index in [2.05, 4.69) is 34.2 Å². The molecule has 2 aromatic heterocycles. The molecule has 116 valence electrons. The van der Waals surface area contributed by atoms with Gasteiger partial charge in [-0.3, -0.25) is 4.68 Å². The maximum absolute atomic E-state index is 5.75. The Bertz CT molecular complexity index is 581. The highest BCUT2D eigenvalue weighted by atomic mass is 16.5. The average molecular weight is 291 g/mol. The third kappa shape index (κ3) is 3.91. The van der Waals surface area contributed by atoms with E-state index in [0.717, 1.165) is 30.0 Å². The monoisotopic (exact) mass is 291 g/mol. The van der Waals surface area contributed by atoms with Gasteiger partial charge in [0.15, 0.2) is 11.5 Å². The molecule has 0 aliphatic carbocycles. The molecular weight excluding hydrogens is 266 g/mol. The van der Waals surface area contributed by atoms with E-state index in [9.17, 15) is 0 Å². The van der Waals surface area contributed by atoms with Crippen LogP contribution in [0.25, 0.3) is 11.0 Å². The highest BCUT2D eigenvalue weighted by Gasteiger charge is 2.11. The zero-order valence-electron chi connectivity index (χ0n) is 13.4. The highest BCUT2D eigenvalue weighted by molar-refractivity contribution is 5.86. The van der Waals surface area contributed by atoms with E-state index in [1.165, 1.54) is 12.8 Å². The van der Waals surface area contributed by atoms with Crippen LogP contribution < -0.4 is 5.32 Å². The molecule has 1 atom stereocenters. The third-order valence-electron chi connectivity index (χ3n) is 3.40. The van der Waals surface area contributed by atoms with Gasteiger partial charge in [0.25, 0.3) is 0 Å². The van der Waals surface area contributed by atoms with Gasteiger partial charge in [0.05, 0.1) is 11.6 Å². The van der Waals surface area contributed by atoms with Crippen LogP contribution in [-0.2, 0) is 18.4 Å². The molecule has 0 bridgehead atoms. The molecule has 0 aliphatic heterocycles. The quantitative estimate of drug-likeness (QED) is 0.810. The molecule has 1 N–H and O–H groups in total. The van der Waals surface area contributed by atoms with Crippen molar-refractivity contribution in [1.82, 2.24) is 19.7 Å². The normalized spacial score (nSPS) is 12.8. The number of fused-ring (bicyclic) bond motifs is 1. The minimum atomic E-state index is 0.438. The van der Waals surface area contributed by atoms with Crippen LogP contribution in [0.5, 0.6) is 0 Å². The SMILES string of the molecule is CCCC(C)COCc1nc(NCC)c2cnn(C)c2n1. The first-order valence-corrected chi connectivity index (χ1v) is 7.65. The molecule has 21 heavy (non-hydrogen) atoms. The Morgan fingerprint density at radius 2 is 2.14 bits per heavy atom. The second-order valence-electron chi connectivity index (χ2n) is 5.43. The van der Waals surface area contributed by atoms with E-state index in [1.54, 1.807) is 10.9 Å². The summed E-state index contributed by atoms with van der Waals surface area (Å²) >= 11 is 0. The summed E-state index contributed by atoms with van der Waals surface area (Å²) in [5.41, 5.74) is 0.834. The van der Waals surface area contributed by atoms with E-state index < -0.39 is 0 Å². The van der Waals surface area contributed by atoms with E-state index in [1.807, 2.05) is 14.0 Å². The first-order chi connectivity index (χ1) is 10.2. The van der Waals surface area contributed by atoms with Crippen LogP contribution in [0.4, 0.5) is 5.82 Å². The summed E-state index contributed by atoms with van der Waals surface area (Å²) in [6.45, 7) is 8.45. The van der Waals surface area contributed by atoms with Crippen LogP contribution in [0.1, 0.15) is 39.4 Å². The lowest BCUT2D eigenvalue weighted by molar-refractivity contribution is 0.0850. The van der Waals surface area contributed by atoms with Gasteiger partial charge in [-0.05, 0) is 19.3 Å². The van der Waals surface area contributed by atoms with Crippen molar-refractivity contribution in [2.45, 2.75) is 40.2 Å². The topological polar surface area (TPSA) is 64.9 Å². The molecule has 0 amide bonds. The van der Waals surface area contributed by atoms with Crippen LogP contribution in [-0.4, -0.2) is 32.9 Å². The van der Waals surface area contributed by atoms with Crippen LogP contribution in [0.3, 0.4) is 0 Å². The lowest BCUT2D eigenvalue weighted by Gasteiger charge is -2.11. The predicted molar refractivity (Wildman–Crippen MR) is 84.2 cm³/mol. The van der Waals surface area contributed by atoms with Crippen LogP contribution in [0.2, 0.25) is 0 Å². The maximum atomic E-state index is 5.75. The van der Waals surface area contributed by atoms with Gasteiger partial charge >= 0.3 is 0 Å². The predicted octanol–water partition coefficient (Wildman–Crippen LogP) is 2.75. The number of hydrogen-bond acceptors (Lipinski definition) is 5. The standard InChI is InChI=1S/C15H25N5O/c1-5-7-11(3)9-21-10-13-18-14(16-6-2)12-8-17-20(4)15(12)19-13/h8,11H,5-7,9-10H2,1-4H3,(H,16,18,19). The average Bonchev–Trinajstić information content (AvgIpc) is 2.82. The van der Waals surface area contributed by atoms with Gasteiger partial charge in [0.1, 0.15) is 12.4 Å². The van der Waals surface area contributed by atoms with Crippen molar-refractivity contribution >= 4 is 16.9 Å². The molecule has 0 fully saturated rings. The summed E-state index contributed by atoms with van der Waals surface area (Å²) in [5, 5.41) is 8.46. The van der Waals surface area contributed by atoms with Crippen LogP contribution >= 0.6 is 0 Å². The number of anilines is 1. The molecule has 0 aliphatic rings. The van der Waals surface area contributed by atoms with Gasteiger partial charge in [-0.2, -0.15) is 5.10 Å². The van der Waals surface area contributed by atoms with E-state index >= 15 is 0 Å². The zero-order chi connectivity index (χ0) is 15.2. The highest BCUT2D eigenvalue weighted by Crippen LogP contribution is 2.19. The molecule has 6 heteroatoms. The van der Waals surface area contributed by atoms with E-state index in [4.69, 9.17) is 4.74 Å². The maximum Gasteiger partial charge on any atom is 0.163 e. The molecule has 0 spiro atoms. The van der Waals surface area contributed by atoms with Gasteiger partial charge in [-0.15, -0.1) is 0 Å². The Kier molecular flexibility index (Phi) is 5.50. The molecule has 6 nitrogen and oxygen atoms in total. The number of aryl methyl sites for hydroxylation is 1.